The van der Waals surface area contributed by atoms with Gasteiger partial charge in [0.2, 0.25) is 11.8 Å². The van der Waals surface area contributed by atoms with E-state index in [1.165, 1.54) is 7.11 Å². The van der Waals surface area contributed by atoms with Crippen molar-refractivity contribution in [2.45, 2.75) is 37.8 Å². The molecule has 1 saturated heterocycles. The van der Waals surface area contributed by atoms with Gasteiger partial charge in [0.25, 0.3) is 0 Å². The van der Waals surface area contributed by atoms with Gasteiger partial charge in [0.05, 0.1) is 12.0 Å². The van der Waals surface area contributed by atoms with Crippen molar-refractivity contribution in [3.05, 3.63) is 46.5 Å². The Hall–Kier alpha value is -2.53. The summed E-state index contributed by atoms with van der Waals surface area (Å²) in [6, 6.07) is 1.95. The van der Waals surface area contributed by atoms with Crippen molar-refractivity contribution in [2.75, 3.05) is 13.7 Å². The van der Waals surface area contributed by atoms with E-state index in [4.69, 9.17) is 4.74 Å². The highest BCUT2D eigenvalue weighted by Crippen LogP contribution is 2.42. The van der Waals surface area contributed by atoms with Crippen molar-refractivity contribution in [3.63, 3.8) is 0 Å². The van der Waals surface area contributed by atoms with Crippen molar-refractivity contribution in [2.24, 2.45) is 5.92 Å². The number of amides is 2. The van der Waals surface area contributed by atoms with Gasteiger partial charge in [0, 0.05) is 42.8 Å². The molecule has 6 nitrogen and oxygen atoms in total. The van der Waals surface area contributed by atoms with E-state index >= 15 is 0 Å². The lowest BCUT2D eigenvalue weighted by Crippen LogP contribution is -2.60. The Morgan fingerprint density at radius 3 is 2.67 bits per heavy atom. The number of hydrogen-bond donors (Lipinski definition) is 3. The highest BCUT2D eigenvalue weighted by atomic mass is 19.4. The SMILES string of the molecule is COC1NCCC2NC(=O)C(CC(=O)NCc3ccc(F)cc3F)=C(C(F)(F)F)C21. The zero-order valence-corrected chi connectivity index (χ0v) is 15.9. The predicted octanol–water partition coefficient (Wildman–Crippen LogP) is 1.91. The quantitative estimate of drug-likeness (QED) is 0.620. The molecule has 0 radical (unpaired) electrons. The number of fused-ring (bicyclic) bond motifs is 1. The fourth-order valence-corrected chi connectivity index (χ4v) is 3.84. The first-order valence-electron chi connectivity index (χ1n) is 9.19. The Morgan fingerprint density at radius 2 is 2.03 bits per heavy atom. The number of nitrogens with one attached hydrogen (secondary N) is 3. The Morgan fingerprint density at radius 1 is 1.30 bits per heavy atom. The van der Waals surface area contributed by atoms with E-state index in [0.717, 1.165) is 12.1 Å². The van der Waals surface area contributed by atoms with Gasteiger partial charge < -0.3 is 15.4 Å². The molecule has 1 aromatic carbocycles. The van der Waals surface area contributed by atoms with E-state index in [-0.39, 0.29) is 18.5 Å². The van der Waals surface area contributed by atoms with E-state index in [2.05, 4.69) is 16.0 Å². The van der Waals surface area contributed by atoms with Gasteiger partial charge in [-0.2, -0.15) is 13.2 Å². The molecule has 30 heavy (non-hydrogen) atoms. The number of carbonyl (C=O) groups excluding carboxylic acids is 2. The van der Waals surface area contributed by atoms with Crippen LogP contribution < -0.4 is 16.0 Å². The highest BCUT2D eigenvalue weighted by Gasteiger charge is 2.52. The smallest absolute Gasteiger partial charge is 0.366 e. The molecule has 2 heterocycles. The summed E-state index contributed by atoms with van der Waals surface area (Å²) in [7, 11) is 1.26. The number of methoxy groups -OCH3 is 1. The Bertz CT molecular complexity index is 871. The highest BCUT2D eigenvalue weighted by molar-refractivity contribution is 6.00. The molecule has 11 heteroatoms. The first kappa shape index (κ1) is 22.2. The molecule has 3 N–H and O–H groups in total. The maximum absolute atomic E-state index is 13.9. The summed E-state index contributed by atoms with van der Waals surface area (Å²) in [5, 5.41) is 7.63. The molecule has 0 aromatic heterocycles. The molecule has 2 aliphatic heterocycles. The minimum Gasteiger partial charge on any atom is -0.366 e. The monoisotopic (exact) mass is 433 g/mol. The molecular formula is C19H20F5N3O3. The van der Waals surface area contributed by atoms with Gasteiger partial charge >= 0.3 is 6.18 Å². The van der Waals surface area contributed by atoms with Gasteiger partial charge in [-0.15, -0.1) is 0 Å². The van der Waals surface area contributed by atoms with Gasteiger partial charge in [0.1, 0.15) is 17.9 Å². The minimum absolute atomic E-state index is 0.0427. The first-order chi connectivity index (χ1) is 14.1. The van der Waals surface area contributed by atoms with Crippen molar-refractivity contribution >= 4 is 11.8 Å². The zero-order chi connectivity index (χ0) is 22.1. The molecule has 3 unspecified atom stereocenters. The van der Waals surface area contributed by atoms with Crippen LogP contribution in [0.2, 0.25) is 0 Å². The third-order valence-corrected chi connectivity index (χ3v) is 5.20. The van der Waals surface area contributed by atoms with Crippen LogP contribution in [0.5, 0.6) is 0 Å². The lowest BCUT2D eigenvalue weighted by molar-refractivity contribution is -0.134. The third-order valence-electron chi connectivity index (χ3n) is 5.20. The average molecular weight is 433 g/mol. The van der Waals surface area contributed by atoms with Crippen LogP contribution in [0, 0.1) is 17.6 Å². The predicted molar refractivity (Wildman–Crippen MR) is 94.7 cm³/mol. The molecule has 0 aliphatic carbocycles. The van der Waals surface area contributed by atoms with E-state index in [0.29, 0.717) is 12.6 Å². The molecule has 3 atom stereocenters. The average Bonchev–Trinajstić information content (AvgIpc) is 2.66. The van der Waals surface area contributed by atoms with Gasteiger partial charge in [-0.05, 0) is 19.0 Å². The van der Waals surface area contributed by atoms with Crippen LogP contribution in [0.4, 0.5) is 22.0 Å². The fraction of sp³-hybridized carbons (Fsp3) is 0.474. The largest absolute Gasteiger partial charge is 0.413 e. The lowest BCUT2D eigenvalue weighted by atomic mass is 9.78. The number of rotatable bonds is 5. The summed E-state index contributed by atoms with van der Waals surface area (Å²) in [4.78, 5) is 24.6. The van der Waals surface area contributed by atoms with Crippen molar-refractivity contribution in [3.8, 4) is 0 Å². The second kappa shape index (κ2) is 8.68. The fourth-order valence-electron chi connectivity index (χ4n) is 3.84. The Labute approximate surface area is 168 Å². The number of alkyl halides is 3. The number of hydrogen-bond acceptors (Lipinski definition) is 4. The molecule has 0 saturated carbocycles. The van der Waals surface area contributed by atoms with Gasteiger partial charge in [-0.1, -0.05) is 6.07 Å². The van der Waals surface area contributed by atoms with Gasteiger partial charge in [-0.3, -0.25) is 14.9 Å². The second-order valence-electron chi connectivity index (χ2n) is 7.08. The van der Waals surface area contributed by atoms with Crippen molar-refractivity contribution in [1.29, 1.82) is 0 Å². The van der Waals surface area contributed by atoms with Crippen molar-refractivity contribution < 1.29 is 36.3 Å². The number of ether oxygens (including phenoxy) is 1. The van der Waals surface area contributed by atoms with E-state index in [9.17, 15) is 31.5 Å². The van der Waals surface area contributed by atoms with E-state index < -0.39 is 65.4 Å². The number of halogens is 5. The standard InChI is InChI=1S/C19H20F5N3O3/c1-30-18-15-13(4-5-25-18)27-17(29)11(16(15)19(22,23)24)7-14(28)26-8-9-2-3-10(20)6-12(9)21/h2-3,6,13,15,18,25H,4-5,7-8H2,1H3,(H,26,28)(H,27,29). The minimum atomic E-state index is -4.85. The maximum atomic E-state index is 13.9. The van der Waals surface area contributed by atoms with Gasteiger partial charge in [-0.25, -0.2) is 8.78 Å². The number of carbonyl (C=O) groups is 2. The maximum Gasteiger partial charge on any atom is 0.413 e. The molecule has 2 amide bonds. The lowest BCUT2D eigenvalue weighted by Gasteiger charge is -2.43. The van der Waals surface area contributed by atoms with Crippen LogP contribution in [0.15, 0.2) is 29.3 Å². The first-order valence-corrected chi connectivity index (χ1v) is 9.19. The van der Waals surface area contributed by atoms with Crippen LogP contribution in [-0.4, -0.2) is 43.9 Å². The summed E-state index contributed by atoms with van der Waals surface area (Å²) in [5.41, 5.74) is -1.84. The molecular weight excluding hydrogens is 413 g/mol. The Kier molecular flexibility index (Phi) is 6.41. The van der Waals surface area contributed by atoms with E-state index in [1.807, 2.05) is 0 Å². The van der Waals surface area contributed by atoms with E-state index in [1.54, 1.807) is 0 Å². The molecule has 2 aliphatic rings. The van der Waals surface area contributed by atoms with Crippen molar-refractivity contribution in [1.82, 2.24) is 16.0 Å². The molecule has 3 rings (SSSR count). The summed E-state index contributed by atoms with van der Waals surface area (Å²) >= 11 is 0. The molecule has 1 fully saturated rings. The Balaban J connectivity index is 1.84. The topological polar surface area (TPSA) is 79.5 Å². The van der Waals surface area contributed by atoms with Gasteiger partial charge in [0.15, 0.2) is 0 Å². The summed E-state index contributed by atoms with van der Waals surface area (Å²) in [5.74, 6) is -4.78. The summed E-state index contributed by atoms with van der Waals surface area (Å²) in [6.07, 6.45) is -6.40. The second-order valence-corrected chi connectivity index (χ2v) is 7.08. The molecule has 0 spiro atoms. The van der Waals surface area contributed by atoms with Crippen LogP contribution in [0.3, 0.4) is 0 Å². The van der Waals surface area contributed by atoms with Crippen LogP contribution in [0.25, 0.3) is 0 Å². The molecule has 0 bridgehead atoms. The van der Waals surface area contributed by atoms with Crippen LogP contribution >= 0.6 is 0 Å². The number of piperidine rings is 1. The summed E-state index contributed by atoms with van der Waals surface area (Å²) < 4.78 is 73.5. The van der Waals surface area contributed by atoms with Crippen LogP contribution in [0.1, 0.15) is 18.4 Å². The van der Waals surface area contributed by atoms with Crippen LogP contribution in [-0.2, 0) is 20.9 Å². The summed E-state index contributed by atoms with van der Waals surface area (Å²) in [6.45, 7) is -0.000351. The number of benzene rings is 1. The molecule has 1 aromatic rings. The zero-order valence-electron chi connectivity index (χ0n) is 15.9. The molecule has 164 valence electrons. The third kappa shape index (κ3) is 4.62. The normalized spacial score (nSPS) is 24.3.